The Bertz CT molecular complexity index is 1130. The Balaban J connectivity index is 1.40. The van der Waals surface area contributed by atoms with E-state index >= 15 is 0 Å². The first kappa shape index (κ1) is 23.3. The third-order valence-corrected chi connectivity index (χ3v) is 6.90. The molecule has 2 amide bonds. The first-order chi connectivity index (χ1) is 15.7. The molecule has 10 heteroatoms. The molecule has 3 N–H and O–H groups in total. The van der Waals surface area contributed by atoms with Gasteiger partial charge >= 0.3 is 6.03 Å². The van der Waals surface area contributed by atoms with E-state index in [9.17, 15) is 14.3 Å². The van der Waals surface area contributed by atoms with E-state index in [-0.39, 0.29) is 30.9 Å². The Morgan fingerprint density at radius 3 is 2.76 bits per heavy atom. The van der Waals surface area contributed by atoms with E-state index in [0.29, 0.717) is 30.3 Å². The number of aromatic nitrogens is 2. The third-order valence-electron chi connectivity index (χ3n) is 5.97. The molecule has 3 heterocycles. The number of nitrogens with zero attached hydrogens (tertiary/aromatic N) is 4. The second-order valence-electron chi connectivity index (χ2n) is 8.53. The van der Waals surface area contributed by atoms with Crippen molar-refractivity contribution in [1.29, 1.82) is 0 Å². The number of carbonyl (C=O) groups is 1. The molecule has 2 atom stereocenters. The van der Waals surface area contributed by atoms with Gasteiger partial charge in [0.1, 0.15) is 0 Å². The number of piperazine rings is 1. The average molecular weight is 474 g/mol. The van der Waals surface area contributed by atoms with Gasteiger partial charge in [-0.05, 0) is 55.7 Å². The predicted molar refractivity (Wildman–Crippen MR) is 127 cm³/mol. The van der Waals surface area contributed by atoms with Gasteiger partial charge in [0.2, 0.25) is 0 Å². The van der Waals surface area contributed by atoms with Crippen LogP contribution in [0.2, 0.25) is 0 Å². The van der Waals surface area contributed by atoms with Crippen molar-refractivity contribution in [2.24, 2.45) is 0 Å². The predicted octanol–water partition coefficient (Wildman–Crippen LogP) is 3.09. The van der Waals surface area contributed by atoms with E-state index in [1.165, 1.54) is 29.2 Å². The van der Waals surface area contributed by atoms with Gasteiger partial charge in [-0.25, -0.2) is 19.2 Å². The maximum absolute atomic E-state index is 14.7. The van der Waals surface area contributed by atoms with Crippen LogP contribution in [0.4, 0.5) is 20.1 Å². The van der Waals surface area contributed by atoms with Crippen molar-refractivity contribution in [3.05, 3.63) is 46.9 Å². The normalized spacial score (nSPS) is 17.5. The van der Waals surface area contributed by atoms with Gasteiger partial charge in [-0.2, -0.15) is 0 Å². The van der Waals surface area contributed by atoms with E-state index in [0.717, 1.165) is 15.8 Å². The van der Waals surface area contributed by atoms with Crippen LogP contribution in [0.15, 0.2) is 24.4 Å². The summed E-state index contributed by atoms with van der Waals surface area (Å²) >= 11 is 1.45. The summed E-state index contributed by atoms with van der Waals surface area (Å²) in [5, 5.41) is 22.0. The molecule has 0 radical (unpaired) electrons. The van der Waals surface area contributed by atoms with E-state index in [4.69, 9.17) is 5.11 Å². The second kappa shape index (κ2) is 9.58. The highest BCUT2D eigenvalue weighted by Gasteiger charge is 2.30. The summed E-state index contributed by atoms with van der Waals surface area (Å²) in [7, 11) is 0. The van der Waals surface area contributed by atoms with Crippen molar-refractivity contribution in [2.75, 3.05) is 36.5 Å². The molecule has 1 aromatic carbocycles. The Kier molecular flexibility index (Phi) is 6.78. The van der Waals surface area contributed by atoms with Gasteiger partial charge in [-0.15, -0.1) is 0 Å². The Labute approximate surface area is 195 Å². The Morgan fingerprint density at radius 1 is 1.30 bits per heavy atom. The molecule has 2 aromatic heterocycles. The van der Waals surface area contributed by atoms with Crippen LogP contribution in [0.3, 0.4) is 0 Å². The van der Waals surface area contributed by atoms with Crippen LogP contribution in [-0.4, -0.2) is 69.5 Å². The number of hydrogen-bond donors (Lipinski definition) is 3. The Morgan fingerprint density at radius 2 is 2.06 bits per heavy atom. The van der Waals surface area contributed by atoms with Crippen LogP contribution >= 0.6 is 11.3 Å². The van der Waals surface area contributed by atoms with Gasteiger partial charge < -0.3 is 20.0 Å². The van der Waals surface area contributed by atoms with Crippen LogP contribution in [0.25, 0.3) is 10.2 Å². The number of nitrogens with one attached hydrogen (secondary N) is 1. The quantitative estimate of drug-likeness (QED) is 0.526. The lowest BCUT2D eigenvalue weighted by molar-refractivity contribution is 0.0954. The number of aliphatic hydroxyl groups is 2. The molecule has 176 valence electrons. The zero-order valence-electron chi connectivity index (χ0n) is 18.9. The van der Waals surface area contributed by atoms with E-state index in [1.807, 2.05) is 24.8 Å². The maximum atomic E-state index is 14.7. The number of thiazole rings is 1. The van der Waals surface area contributed by atoms with Crippen molar-refractivity contribution in [2.45, 2.75) is 39.3 Å². The average Bonchev–Trinajstić information content (AvgIpc) is 3.14. The molecular formula is C23H28FN5O3S. The van der Waals surface area contributed by atoms with E-state index in [1.54, 1.807) is 4.90 Å². The number of carbonyl (C=O) groups excluding carboxylic acids is 1. The van der Waals surface area contributed by atoms with Crippen molar-refractivity contribution in [3.8, 4) is 0 Å². The summed E-state index contributed by atoms with van der Waals surface area (Å²) in [5.41, 5.74) is 3.74. The minimum absolute atomic E-state index is 0.135. The molecule has 8 nitrogen and oxygen atoms in total. The molecule has 4 rings (SSSR count). The molecule has 1 saturated heterocycles. The number of hydrogen-bond acceptors (Lipinski definition) is 7. The minimum atomic E-state index is -0.942. The smallest absolute Gasteiger partial charge is 0.324 e. The molecule has 3 aromatic rings. The fourth-order valence-corrected chi connectivity index (χ4v) is 4.94. The van der Waals surface area contributed by atoms with E-state index in [2.05, 4.69) is 28.3 Å². The number of pyridine rings is 1. The van der Waals surface area contributed by atoms with Gasteiger partial charge in [0, 0.05) is 38.3 Å². The Hall–Kier alpha value is -2.82. The number of urea groups is 1. The number of fused-ring (bicyclic) bond motifs is 1. The minimum Gasteiger partial charge on any atom is -0.394 e. The standard InChI is InChI=1S/C23H28FN5O3S/c1-13-6-19-20(7-14(13)2)33-22(26-19)27-23(32)29-5-4-28(11-15(29)3)21-18(24)9-16(10-25-21)8-17(31)12-30/h6-7,9-10,15,17,30-31H,4-5,8,11-12H2,1-3H3,(H,26,27,32)/t15-,17-/m0/s1. The van der Waals surface area contributed by atoms with Crippen molar-refractivity contribution >= 4 is 38.5 Å². The van der Waals surface area contributed by atoms with Crippen LogP contribution < -0.4 is 10.2 Å². The van der Waals surface area contributed by atoms with Crippen molar-refractivity contribution in [1.82, 2.24) is 14.9 Å². The number of aliphatic hydroxyl groups excluding tert-OH is 2. The summed E-state index contributed by atoms with van der Waals surface area (Å²) in [6.45, 7) is 6.92. The summed E-state index contributed by atoms with van der Waals surface area (Å²) in [5.74, 6) is -0.260. The lowest BCUT2D eigenvalue weighted by atomic mass is 10.1. The van der Waals surface area contributed by atoms with Crippen LogP contribution in [0.5, 0.6) is 0 Å². The molecule has 33 heavy (non-hydrogen) atoms. The highest BCUT2D eigenvalue weighted by molar-refractivity contribution is 7.22. The molecule has 0 bridgehead atoms. The molecule has 0 unspecified atom stereocenters. The van der Waals surface area contributed by atoms with Gasteiger partial charge in [0.05, 0.1) is 22.9 Å². The third kappa shape index (κ3) is 5.07. The highest BCUT2D eigenvalue weighted by atomic mass is 32.1. The molecule has 1 aliphatic rings. The summed E-state index contributed by atoms with van der Waals surface area (Å²) in [4.78, 5) is 25.2. The summed E-state index contributed by atoms with van der Waals surface area (Å²) in [6, 6.07) is 5.06. The number of rotatable bonds is 5. The first-order valence-electron chi connectivity index (χ1n) is 10.9. The van der Waals surface area contributed by atoms with E-state index < -0.39 is 11.9 Å². The zero-order valence-corrected chi connectivity index (χ0v) is 19.7. The second-order valence-corrected chi connectivity index (χ2v) is 9.56. The largest absolute Gasteiger partial charge is 0.394 e. The topological polar surface area (TPSA) is 102 Å². The molecule has 1 fully saturated rings. The number of benzene rings is 1. The van der Waals surface area contributed by atoms with Crippen LogP contribution in [0, 0.1) is 19.7 Å². The van der Waals surface area contributed by atoms with Gasteiger partial charge in [-0.1, -0.05) is 11.3 Å². The highest BCUT2D eigenvalue weighted by Crippen LogP contribution is 2.29. The molecule has 0 spiro atoms. The molecule has 1 aliphatic heterocycles. The molecular weight excluding hydrogens is 445 g/mol. The first-order valence-corrected chi connectivity index (χ1v) is 11.7. The SMILES string of the molecule is Cc1cc2nc(NC(=O)N3CCN(c4ncc(C[C@H](O)CO)cc4F)C[C@@H]3C)sc2cc1C. The fourth-order valence-electron chi connectivity index (χ4n) is 4.00. The van der Waals surface area contributed by atoms with Crippen molar-refractivity contribution in [3.63, 3.8) is 0 Å². The maximum Gasteiger partial charge on any atom is 0.324 e. The van der Waals surface area contributed by atoms with Gasteiger partial charge in [0.15, 0.2) is 16.8 Å². The number of aryl methyl sites for hydroxylation is 2. The summed E-state index contributed by atoms with van der Waals surface area (Å²) in [6.07, 6.45) is 0.704. The van der Waals surface area contributed by atoms with Crippen LogP contribution in [-0.2, 0) is 6.42 Å². The van der Waals surface area contributed by atoms with Gasteiger partial charge in [0.25, 0.3) is 0 Å². The monoisotopic (exact) mass is 473 g/mol. The molecule has 0 aliphatic carbocycles. The fraction of sp³-hybridized carbons (Fsp3) is 0.435. The van der Waals surface area contributed by atoms with Crippen LogP contribution in [0.1, 0.15) is 23.6 Å². The molecule has 0 saturated carbocycles. The number of anilines is 2. The lowest BCUT2D eigenvalue weighted by Gasteiger charge is -2.40. The van der Waals surface area contributed by atoms with Gasteiger partial charge in [-0.3, -0.25) is 5.32 Å². The number of amides is 2. The number of halogens is 1. The van der Waals surface area contributed by atoms with Crippen molar-refractivity contribution < 1.29 is 19.4 Å². The zero-order chi connectivity index (χ0) is 23.7. The summed E-state index contributed by atoms with van der Waals surface area (Å²) < 4.78 is 15.7. The lowest BCUT2D eigenvalue weighted by Crippen LogP contribution is -2.55.